The standard InChI is InChI=1S/C15H21N3O/c1-2-3-4-13-5-7-15(8-6-13)19-10-9-18-12-14(16)11-17-18/h5-8,11-12H,2-4,9-10,16H2,1H3. The van der Waals surface area contributed by atoms with E-state index in [2.05, 4.69) is 24.2 Å². The molecule has 0 atom stereocenters. The van der Waals surface area contributed by atoms with Crippen molar-refractivity contribution in [3.8, 4) is 5.75 Å². The summed E-state index contributed by atoms with van der Waals surface area (Å²) in [5.41, 5.74) is 7.64. The fourth-order valence-corrected chi connectivity index (χ4v) is 1.89. The van der Waals surface area contributed by atoms with Gasteiger partial charge in [0.15, 0.2) is 0 Å². The van der Waals surface area contributed by atoms with Crippen molar-refractivity contribution in [1.29, 1.82) is 0 Å². The van der Waals surface area contributed by atoms with E-state index in [4.69, 9.17) is 10.5 Å². The summed E-state index contributed by atoms with van der Waals surface area (Å²) < 4.78 is 7.46. The summed E-state index contributed by atoms with van der Waals surface area (Å²) >= 11 is 0. The number of benzene rings is 1. The van der Waals surface area contributed by atoms with E-state index in [-0.39, 0.29) is 0 Å². The predicted octanol–water partition coefficient (Wildman–Crippen LogP) is 2.89. The van der Waals surface area contributed by atoms with Gasteiger partial charge in [0.25, 0.3) is 0 Å². The molecule has 19 heavy (non-hydrogen) atoms. The zero-order valence-corrected chi connectivity index (χ0v) is 11.4. The first-order valence-corrected chi connectivity index (χ1v) is 6.77. The second kappa shape index (κ2) is 6.83. The molecule has 1 aromatic carbocycles. The molecule has 102 valence electrons. The molecule has 0 spiro atoms. The molecule has 0 aliphatic heterocycles. The van der Waals surface area contributed by atoms with E-state index in [0.29, 0.717) is 18.8 Å². The van der Waals surface area contributed by atoms with E-state index < -0.39 is 0 Å². The third kappa shape index (κ3) is 4.32. The van der Waals surface area contributed by atoms with Crippen LogP contribution in [0.2, 0.25) is 0 Å². The lowest BCUT2D eigenvalue weighted by molar-refractivity contribution is 0.291. The van der Waals surface area contributed by atoms with Crippen molar-refractivity contribution in [3.63, 3.8) is 0 Å². The summed E-state index contributed by atoms with van der Waals surface area (Å²) in [6.07, 6.45) is 7.05. The molecule has 0 amide bonds. The third-order valence-electron chi connectivity index (χ3n) is 2.98. The van der Waals surface area contributed by atoms with Crippen LogP contribution in [0.25, 0.3) is 0 Å². The van der Waals surface area contributed by atoms with E-state index in [1.807, 2.05) is 12.1 Å². The van der Waals surface area contributed by atoms with Crippen LogP contribution < -0.4 is 10.5 Å². The molecule has 0 saturated carbocycles. The molecule has 0 saturated heterocycles. The van der Waals surface area contributed by atoms with Gasteiger partial charge >= 0.3 is 0 Å². The smallest absolute Gasteiger partial charge is 0.119 e. The molecule has 0 aliphatic rings. The zero-order chi connectivity index (χ0) is 13.5. The van der Waals surface area contributed by atoms with Gasteiger partial charge in [-0.05, 0) is 30.5 Å². The first-order chi connectivity index (χ1) is 9.28. The van der Waals surface area contributed by atoms with Crippen LogP contribution in [-0.2, 0) is 13.0 Å². The van der Waals surface area contributed by atoms with Crippen molar-refractivity contribution in [3.05, 3.63) is 42.2 Å². The average molecular weight is 259 g/mol. The Hall–Kier alpha value is -1.97. The topological polar surface area (TPSA) is 53.1 Å². The van der Waals surface area contributed by atoms with Crippen LogP contribution >= 0.6 is 0 Å². The van der Waals surface area contributed by atoms with Crippen LogP contribution in [0.1, 0.15) is 25.3 Å². The van der Waals surface area contributed by atoms with E-state index in [1.165, 1.54) is 18.4 Å². The Labute approximate surface area is 114 Å². The maximum atomic E-state index is 5.68. The molecule has 0 fully saturated rings. The number of unbranched alkanes of at least 4 members (excludes halogenated alkanes) is 1. The Bertz CT molecular complexity index is 490. The second-order valence-electron chi connectivity index (χ2n) is 4.63. The summed E-state index contributed by atoms with van der Waals surface area (Å²) in [6.45, 7) is 3.50. The summed E-state index contributed by atoms with van der Waals surface area (Å²) in [5, 5.41) is 4.11. The van der Waals surface area contributed by atoms with Gasteiger partial charge in [-0.2, -0.15) is 5.10 Å². The Balaban J connectivity index is 1.76. The van der Waals surface area contributed by atoms with Gasteiger partial charge in [0.2, 0.25) is 0 Å². The summed E-state index contributed by atoms with van der Waals surface area (Å²) in [4.78, 5) is 0. The van der Waals surface area contributed by atoms with Crippen LogP contribution in [0.5, 0.6) is 5.75 Å². The molecule has 0 radical (unpaired) electrons. The highest BCUT2D eigenvalue weighted by Gasteiger charge is 1.97. The minimum Gasteiger partial charge on any atom is -0.492 e. The number of nitrogens with two attached hydrogens (primary N) is 1. The van der Waals surface area contributed by atoms with Crippen LogP contribution in [0, 0.1) is 0 Å². The van der Waals surface area contributed by atoms with Gasteiger partial charge in [0.05, 0.1) is 18.4 Å². The number of nitrogen functional groups attached to an aromatic ring is 1. The van der Waals surface area contributed by atoms with E-state index in [0.717, 1.165) is 12.2 Å². The molecular weight excluding hydrogens is 238 g/mol. The number of hydrogen-bond donors (Lipinski definition) is 1. The van der Waals surface area contributed by atoms with Crippen LogP contribution in [0.3, 0.4) is 0 Å². The number of aryl methyl sites for hydroxylation is 1. The fraction of sp³-hybridized carbons (Fsp3) is 0.400. The molecule has 2 rings (SSSR count). The van der Waals surface area contributed by atoms with Crippen LogP contribution in [0.4, 0.5) is 5.69 Å². The van der Waals surface area contributed by atoms with Crippen molar-refractivity contribution in [2.24, 2.45) is 0 Å². The van der Waals surface area contributed by atoms with Gasteiger partial charge in [0.1, 0.15) is 12.4 Å². The van der Waals surface area contributed by atoms with E-state index in [1.54, 1.807) is 17.1 Å². The number of rotatable bonds is 7. The van der Waals surface area contributed by atoms with Crippen LogP contribution in [0.15, 0.2) is 36.7 Å². The monoisotopic (exact) mass is 259 g/mol. The minimum atomic E-state index is 0.593. The first kappa shape index (κ1) is 13.5. The van der Waals surface area contributed by atoms with Crippen molar-refractivity contribution < 1.29 is 4.74 Å². The van der Waals surface area contributed by atoms with E-state index in [9.17, 15) is 0 Å². The summed E-state index contributed by atoms with van der Waals surface area (Å²) in [6, 6.07) is 8.33. The average Bonchev–Trinajstić information content (AvgIpc) is 2.84. The van der Waals surface area contributed by atoms with Crippen molar-refractivity contribution in [2.75, 3.05) is 12.3 Å². The van der Waals surface area contributed by atoms with Gasteiger partial charge in [0, 0.05) is 6.20 Å². The highest BCUT2D eigenvalue weighted by Crippen LogP contribution is 2.14. The van der Waals surface area contributed by atoms with Gasteiger partial charge in [-0.3, -0.25) is 4.68 Å². The quantitative estimate of drug-likeness (QED) is 0.831. The molecular formula is C15H21N3O. The Morgan fingerprint density at radius 2 is 2.05 bits per heavy atom. The van der Waals surface area contributed by atoms with Crippen LogP contribution in [-0.4, -0.2) is 16.4 Å². The van der Waals surface area contributed by atoms with Crippen molar-refractivity contribution in [2.45, 2.75) is 32.7 Å². The number of anilines is 1. The number of hydrogen-bond acceptors (Lipinski definition) is 3. The number of aromatic nitrogens is 2. The first-order valence-electron chi connectivity index (χ1n) is 6.77. The molecule has 0 bridgehead atoms. The second-order valence-corrected chi connectivity index (χ2v) is 4.63. The van der Waals surface area contributed by atoms with E-state index >= 15 is 0 Å². The Morgan fingerprint density at radius 3 is 2.68 bits per heavy atom. The largest absolute Gasteiger partial charge is 0.492 e. The molecule has 0 unspecified atom stereocenters. The number of ether oxygens (including phenoxy) is 1. The lowest BCUT2D eigenvalue weighted by atomic mass is 10.1. The van der Waals surface area contributed by atoms with Gasteiger partial charge < -0.3 is 10.5 Å². The molecule has 4 nitrogen and oxygen atoms in total. The third-order valence-corrected chi connectivity index (χ3v) is 2.98. The maximum Gasteiger partial charge on any atom is 0.119 e. The Morgan fingerprint density at radius 1 is 1.26 bits per heavy atom. The van der Waals surface area contributed by atoms with Gasteiger partial charge in [-0.15, -0.1) is 0 Å². The van der Waals surface area contributed by atoms with Crippen molar-refractivity contribution in [1.82, 2.24) is 9.78 Å². The lowest BCUT2D eigenvalue weighted by Crippen LogP contribution is -2.08. The maximum absolute atomic E-state index is 5.68. The molecule has 4 heteroatoms. The fourth-order valence-electron chi connectivity index (χ4n) is 1.89. The zero-order valence-electron chi connectivity index (χ0n) is 11.4. The highest BCUT2D eigenvalue weighted by molar-refractivity contribution is 5.30. The predicted molar refractivity (Wildman–Crippen MR) is 77.2 cm³/mol. The number of nitrogens with zero attached hydrogens (tertiary/aromatic N) is 2. The van der Waals surface area contributed by atoms with Gasteiger partial charge in [-0.25, -0.2) is 0 Å². The Kier molecular flexibility index (Phi) is 4.84. The highest BCUT2D eigenvalue weighted by atomic mass is 16.5. The normalized spacial score (nSPS) is 10.6. The molecule has 2 aromatic rings. The SMILES string of the molecule is CCCCc1ccc(OCCn2cc(N)cn2)cc1. The summed E-state index contributed by atoms with van der Waals surface area (Å²) in [7, 11) is 0. The summed E-state index contributed by atoms with van der Waals surface area (Å²) in [5.74, 6) is 0.903. The molecule has 1 aromatic heterocycles. The molecule has 0 aliphatic carbocycles. The molecule has 1 heterocycles. The minimum absolute atomic E-state index is 0.593. The molecule has 2 N–H and O–H groups in total. The van der Waals surface area contributed by atoms with Crippen molar-refractivity contribution >= 4 is 5.69 Å². The lowest BCUT2D eigenvalue weighted by Gasteiger charge is -2.07. The van der Waals surface area contributed by atoms with Gasteiger partial charge in [-0.1, -0.05) is 25.5 Å².